The Morgan fingerprint density at radius 2 is 1.44 bits per heavy atom. The van der Waals surface area contributed by atoms with Crippen LogP contribution < -0.4 is 14.5 Å². The van der Waals surface area contributed by atoms with Crippen LogP contribution in [0.5, 0.6) is 5.75 Å². The van der Waals surface area contributed by atoms with Crippen molar-refractivity contribution in [2.75, 3.05) is 36.1 Å². The minimum atomic E-state index is -1.48. The van der Waals surface area contributed by atoms with E-state index < -0.39 is 47.6 Å². The summed E-state index contributed by atoms with van der Waals surface area (Å²) < 4.78 is 12.7. The summed E-state index contributed by atoms with van der Waals surface area (Å²) in [5, 5.41) is 12.9. The van der Waals surface area contributed by atoms with Crippen LogP contribution in [0, 0.1) is 11.8 Å². The molecule has 0 bridgehead atoms. The van der Waals surface area contributed by atoms with Crippen molar-refractivity contribution in [3.8, 4) is 5.75 Å². The van der Waals surface area contributed by atoms with Crippen molar-refractivity contribution in [3.63, 3.8) is 0 Å². The molecule has 0 radical (unpaired) electrons. The van der Waals surface area contributed by atoms with Gasteiger partial charge in [0.2, 0.25) is 11.8 Å². The molecule has 50 heavy (non-hydrogen) atoms. The molecule has 254 valence electrons. The first-order valence-electron chi connectivity index (χ1n) is 17.2. The second-order valence-corrected chi connectivity index (χ2v) is 13.5. The summed E-state index contributed by atoms with van der Waals surface area (Å²) in [5.74, 6) is -2.30. The van der Waals surface area contributed by atoms with Gasteiger partial charge in [0, 0.05) is 24.5 Å². The summed E-state index contributed by atoms with van der Waals surface area (Å²) in [6, 6.07) is 28.3. The van der Waals surface area contributed by atoms with Crippen LogP contribution in [-0.4, -0.2) is 71.3 Å². The molecule has 0 aromatic heterocycles. The molecule has 8 rings (SSSR count). The monoisotopic (exact) mass is 669 g/mol. The third kappa shape index (κ3) is 4.87. The highest BCUT2D eigenvalue weighted by Gasteiger charge is 2.75. The SMILES string of the molecule is CCOc1ccc(N2CC=C[C@@]3(C)O[C@]45C=CCN(c6ccc7ccccc7c6)C(=O)C4N([C@H](CO)c4ccccc4)C(=O)[C@@H]5[C@H]3C2=O)cc1. The Kier molecular flexibility index (Phi) is 7.84. The maximum atomic E-state index is 15.1. The van der Waals surface area contributed by atoms with Crippen LogP contribution in [0.25, 0.3) is 10.8 Å². The Morgan fingerprint density at radius 3 is 2.16 bits per heavy atom. The second-order valence-electron chi connectivity index (χ2n) is 13.5. The van der Waals surface area contributed by atoms with E-state index in [-0.39, 0.29) is 24.9 Å². The van der Waals surface area contributed by atoms with Gasteiger partial charge in [-0.1, -0.05) is 85.0 Å². The number of carbonyl (C=O) groups is 3. The molecule has 4 aliphatic rings. The zero-order valence-corrected chi connectivity index (χ0v) is 28.0. The molecule has 0 saturated carbocycles. The van der Waals surface area contributed by atoms with Gasteiger partial charge in [-0.3, -0.25) is 14.4 Å². The minimum Gasteiger partial charge on any atom is -0.494 e. The highest BCUT2D eigenvalue weighted by Crippen LogP contribution is 2.59. The molecule has 2 fully saturated rings. The molecule has 3 amide bonds. The summed E-state index contributed by atoms with van der Waals surface area (Å²) in [7, 11) is 0. The highest BCUT2D eigenvalue weighted by molar-refractivity contribution is 6.08. The van der Waals surface area contributed by atoms with Crippen LogP contribution in [-0.2, 0) is 19.1 Å². The molecular formula is C41H39N3O6. The lowest BCUT2D eigenvalue weighted by Crippen LogP contribution is -2.57. The molecular weight excluding hydrogens is 630 g/mol. The maximum Gasteiger partial charge on any atom is 0.253 e. The van der Waals surface area contributed by atoms with E-state index in [4.69, 9.17) is 9.47 Å². The normalized spacial score (nSPS) is 27.9. The number of ether oxygens (including phenoxy) is 2. The van der Waals surface area contributed by atoms with E-state index >= 15 is 9.59 Å². The van der Waals surface area contributed by atoms with Gasteiger partial charge in [0.1, 0.15) is 17.4 Å². The summed E-state index contributed by atoms with van der Waals surface area (Å²) in [6.45, 7) is 4.38. The summed E-state index contributed by atoms with van der Waals surface area (Å²) in [4.78, 5) is 49.9. The lowest BCUT2D eigenvalue weighted by atomic mass is 9.74. The van der Waals surface area contributed by atoms with E-state index in [1.807, 2.05) is 135 Å². The lowest BCUT2D eigenvalue weighted by Gasteiger charge is -2.40. The topological polar surface area (TPSA) is 99.6 Å². The first-order chi connectivity index (χ1) is 24.3. The third-order valence-electron chi connectivity index (χ3n) is 10.7. The number of likely N-dealkylation sites (tertiary alicyclic amines) is 1. The van der Waals surface area contributed by atoms with Gasteiger partial charge < -0.3 is 29.3 Å². The van der Waals surface area contributed by atoms with Crippen molar-refractivity contribution in [1.29, 1.82) is 0 Å². The number of anilines is 2. The molecule has 1 N–H and O–H groups in total. The average Bonchev–Trinajstić information content (AvgIpc) is 3.40. The average molecular weight is 670 g/mol. The van der Waals surface area contributed by atoms with Crippen LogP contribution in [0.3, 0.4) is 0 Å². The second kappa shape index (κ2) is 12.3. The number of hydrogen-bond acceptors (Lipinski definition) is 6. The summed E-state index contributed by atoms with van der Waals surface area (Å²) >= 11 is 0. The van der Waals surface area contributed by atoms with Crippen molar-refractivity contribution < 1.29 is 29.0 Å². The molecule has 4 aromatic carbocycles. The Balaban J connectivity index is 1.26. The van der Waals surface area contributed by atoms with Gasteiger partial charge in [-0.05, 0) is 66.6 Å². The Bertz CT molecular complexity index is 2030. The van der Waals surface area contributed by atoms with Gasteiger partial charge in [-0.25, -0.2) is 0 Å². The van der Waals surface area contributed by atoms with E-state index in [1.165, 1.54) is 4.90 Å². The predicted molar refractivity (Wildman–Crippen MR) is 191 cm³/mol. The number of aliphatic hydroxyl groups excluding tert-OH is 1. The zero-order chi connectivity index (χ0) is 34.6. The highest BCUT2D eigenvalue weighted by atomic mass is 16.5. The Morgan fingerprint density at radius 1 is 0.780 bits per heavy atom. The molecule has 9 heteroatoms. The molecule has 0 aliphatic carbocycles. The number of rotatable bonds is 7. The number of hydrogen-bond donors (Lipinski definition) is 1. The molecule has 4 aromatic rings. The van der Waals surface area contributed by atoms with Crippen LogP contribution in [0.2, 0.25) is 0 Å². The van der Waals surface area contributed by atoms with Gasteiger partial charge in [-0.15, -0.1) is 0 Å². The van der Waals surface area contributed by atoms with Crippen LogP contribution >= 0.6 is 0 Å². The fourth-order valence-electron chi connectivity index (χ4n) is 8.52. The molecule has 2 saturated heterocycles. The fraction of sp³-hybridized carbons (Fsp3) is 0.293. The summed E-state index contributed by atoms with van der Waals surface area (Å²) in [5.41, 5.74) is -0.639. The van der Waals surface area contributed by atoms with E-state index in [0.717, 1.165) is 10.8 Å². The number of fused-ring (bicyclic) bond motifs is 3. The number of amides is 3. The standard InChI is InChI=1S/C41H39N3O6/c1-3-49-32-19-17-30(18-20-32)42-23-9-21-40(2)34(37(42)46)35-38(47)44(33(26-45)28-12-5-4-6-13-28)36-39(48)43(24-10-22-41(35,36)50-40)31-16-15-27-11-7-8-14-29(27)25-31/h4-22,25,33-36,45H,3,23-24,26H2,1-2H3/t33-,34+,35+,36?,40-,41+/m1/s1. The molecule has 1 spiro atoms. The number of benzene rings is 4. The van der Waals surface area contributed by atoms with Crippen LogP contribution in [0.15, 0.2) is 121 Å². The molecule has 1 unspecified atom stereocenters. The Hall–Kier alpha value is -5.25. The minimum absolute atomic E-state index is 0.242. The van der Waals surface area contributed by atoms with Gasteiger partial charge in [0.15, 0.2) is 0 Å². The van der Waals surface area contributed by atoms with Crippen molar-refractivity contribution in [2.45, 2.75) is 37.1 Å². The number of aliphatic hydroxyl groups is 1. The van der Waals surface area contributed by atoms with E-state index in [0.29, 0.717) is 29.3 Å². The maximum absolute atomic E-state index is 15.1. The van der Waals surface area contributed by atoms with Crippen molar-refractivity contribution in [2.24, 2.45) is 11.8 Å². The van der Waals surface area contributed by atoms with Crippen molar-refractivity contribution in [3.05, 3.63) is 127 Å². The first-order valence-corrected chi connectivity index (χ1v) is 17.2. The molecule has 4 aliphatic heterocycles. The van der Waals surface area contributed by atoms with Gasteiger partial charge in [0.05, 0.1) is 36.7 Å². The smallest absolute Gasteiger partial charge is 0.253 e. The molecule has 4 heterocycles. The van der Waals surface area contributed by atoms with E-state index in [2.05, 4.69) is 0 Å². The Labute approximate surface area is 291 Å². The van der Waals surface area contributed by atoms with Gasteiger partial charge >= 0.3 is 0 Å². The number of carbonyl (C=O) groups excluding carboxylic acids is 3. The fourth-order valence-corrected chi connectivity index (χ4v) is 8.52. The third-order valence-corrected chi connectivity index (χ3v) is 10.7. The molecule has 9 nitrogen and oxygen atoms in total. The quantitative estimate of drug-likeness (QED) is 0.263. The first kappa shape index (κ1) is 32.0. The molecule has 6 atom stereocenters. The lowest BCUT2D eigenvalue weighted by molar-refractivity contribution is -0.148. The van der Waals surface area contributed by atoms with Gasteiger partial charge in [-0.2, -0.15) is 0 Å². The number of nitrogens with zero attached hydrogens (tertiary/aromatic N) is 3. The van der Waals surface area contributed by atoms with Crippen molar-refractivity contribution >= 4 is 39.9 Å². The summed E-state index contributed by atoms with van der Waals surface area (Å²) in [6.07, 6.45) is 7.48. The van der Waals surface area contributed by atoms with Gasteiger partial charge in [0.25, 0.3) is 5.91 Å². The zero-order valence-electron chi connectivity index (χ0n) is 28.0. The van der Waals surface area contributed by atoms with Crippen LogP contribution in [0.1, 0.15) is 25.5 Å². The predicted octanol–water partition coefficient (Wildman–Crippen LogP) is 5.45. The van der Waals surface area contributed by atoms with Crippen molar-refractivity contribution in [1.82, 2.24) is 4.90 Å². The largest absolute Gasteiger partial charge is 0.494 e. The van der Waals surface area contributed by atoms with E-state index in [9.17, 15) is 9.90 Å². The van der Waals surface area contributed by atoms with E-state index in [1.54, 1.807) is 9.80 Å². The van der Waals surface area contributed by atoms with Crippen LogP contribution in [0.4, 0.5) is 11.4 Å².